The van der Waals surface area contributed by atoms with Crippen molar-refractivity contribution < 1.29 is 14.3 Å². The number of rotatable bonds is 4. The van der Waals surface area contributed by atoms with Gasteiger partial charge in [-0.3, -0.25) is 14.4 Å². The van der Waals surface area contributed by atoms with Gasteiger partial charge in [0.15, 0.2) is 0 Å². The highest BCUT2D eigenvalue weighted by Gasteiger charge is 2.59. The lowest BCUT2D eigenvalue weighted by atomic mass is 9.87. The van der Waals surface area contributed by atoms with Gasteiger partial charge in [0.1, 0.15) is 11.5 Å². The van der Waals surface area contributed by atoms with E-state index in [1.165, 1.54) is 6.07 Å². The molecule has 4 aliphatic rings. The van der Waals surface area contributed by atoms with E-state index in [0.717, 1.165) is 12.8 Å². The average Bonchev–Trinajstić information content (AvgIpc) is 3.50. The minimum absolute atomic E-state index is 0.0717. The number of ether oxygens (including phenoxy) is 1. The molecule has 138 valence electrons. The molecule has 2 amide bonds. The van der Waals surface area contributed by atoms with E-state index >= 15 is 0 Å². The Morgan fingerprint density at radius 1 is 1.31 bits per heavy atom. The number of amides is 2. The van der Waals surface area contributed by atoms with Gasteiger partial charge in [-0.05, 0) is 19.8 Å². The molecule has 8 nitrogen and oxygen atoms in total. The van der Waals surface area contributed by atoms with Crippen molar-refractivity contribution in [1.29, 1.82) is 0 Å². The molecule has 0 bridgehead atoms. The number of piperidine rings is 1. The fourth-order valence-corrected chi connectivity index (χ4v) is 4.19. The molecule has 5 rings (SSSR count). The molecule has 2 aliphatic carbocycles. The first kappa shape index (κ1) is 16.0. The van der Waals surface area contributed by atoms with Gasteiger partial charge in [0.25, 0.3) is 11.5 Å². The average molecular weight is 358 g/mol. The van der Waals surface area contributed by atoms with E-state index in [1.54, 1.807) is 0 Å². The van der Waals surface area contributed by atoms with Gasteiger partial charge in [-0.1, -0.05) is 0 Å². The van der Waals surface area contributed by atoms with Gasteiger partial charge in [-0.2, -0.15) is 0 Å². The number of nitrogens with zero attached hydrogens (tertiary/aromatic N) is 2. The molecule has 1 unspecified atom stereocenters. The summed E-state index contributed by atoms with van der Waals surface area (Å²) in [6, 6.07) is 1.33. The number of H-pyrrole nitrogens is 1. The number of likely N-dealkylation sites (tertiary alicyclic amines) is 1. The Kier molecular flexibility index (Phi) is 3.31. The largest absolute Gasteiger partial charge is 0.379 e. The number of nitrogens with one attached hydrogen (secondary N) is 2. The Hall–Kier alpha value is -2.22. The highest BCUT2D eigenvalue weighted by atomic mass is 16.5. The fraction of sp³-hybridized carbons (Fsp3) is 0.667. The maximum atomic E-state index is 12.5. The Balaban J connectivity index is 1.20. The molecule has 0 aromatic carbocycles. The van der Waals surface area contributed by atoms with E-state index in [9.17, 15) is 14.4 Å². The lowest BCUT2D eigenvalue weighted by molar-refractivity contribution is -0.168. The Morgan fingerprint density at radius 3 is 2.58 bits per heavy atom. The summed E-state index contributed by atoms with van der Waals surface area (Å²) in [5, 5.41) is 3.00. The summed E-state index contributed by atoms with van der Waals surface area (Å²) in [6.45, 7) is 4.29. The lowest BCUT2D eigenvalue weighted by Crippen LogP contribution is -2.53. The van der Waals surface area contributed by atoms with E-state index in [4.69, 9.17) is 4.74 Å². The van der Waals surface area contributed by atoms with Crippen LogP contribution in [0, 0.1) is 17.3 Å². The number of hydrogen-bond donors (Lipinski definition) is 2. The summed E-state index contributed by atoms with van der Waals surface area (Å²) in [6.07, 6.45) is 2.02. The predicted octanol–water partition coefficient (Wildman–Crippen LogP) is -0.130. The predicted molar refractivity (Wildman–Crippen MR) is 90.6 cm³/mol. The zero-order valence-corrected chi connectivity index (χ0v) is 14.7. The number of carbonyl (C=O) groups is 2. The SMILES string of the molecule is CC1(C(=O)N2C[C@@H]3C(NC(=O)c4cc(=O)[nH]c(C5CC5)n4)[C@@H]3C2)COC1. The monoisotopic (exact) mass is 358 g/mol. The van der Waals surface area contributed by atoms with E-state index in [1.807, 2.05) is 11.8 Å². The molecule has 8 heteroatoms. The third-order valence-electron chi connectivity index (χ3n) is 6.09. The zero-order valence-electron chi connectivity index (χ0n) is 14.7. The van der Waals surface area contributed by atoms with Crippen molar-refractivity contribution in [3.63, 3.8) is 0 Å². The van der Waals surface area contributed by atoms with E-state index in [2.05, 4.69) is 15.3 Å². The summed E-state index contributed by atoms with van der Waals surface area (Å²) >= 11 is 0. The number of carbonyl (C=O) groups excluding carboxylic acids is 2. The van der Waals surface area contributed by atoms with Crippen molar-refractivity contribution in [3.05, 3.63) is 27.9 Å². The molecular weight excluding hydrogens is 336 g/mol. The van der Waals surface area contributed by atoms with Crippen LogP contribution in [0.25, 0.3) is 0 Å². The number of fused-ring (bicyclic) bond motifs is 1. The molecular formula is C18H22N4O4. The standard InChI is InChI=1S/C18H22N4O4/c1-18(7-26-8-18)17(25)22-5-10-11(6-22)14(10)21-16(24)12-4-13(23)20-15(19-12)9-2-3-9/h4,9-11,14H,2-3,5-8H2,1H3,(H,21,24)(H,19,20,23)/t10-,11+,14?. The van der Waals surface area contributed by atoms with Crippen LogP contribution in [-0.2, 0) is 9.53 Å². The first-order chi connectivity index (χ1) is 12.4. The highest BCUT2D eigenvalue weighted by Crippen LogP contribution is 2.47. The first-order valence-corrected chi connectivity index (χ1v) is 9.24. The molecule has 2 saturated carbocycles. The van der Waals surface area contributed by atoms with Crippen molar-refractivity contribution in [2.75, 3.05) is 26.3 Å². The van der Waals surface area contributed by atoms with Crippen molar-refractivity contribution in [2.45, 2.75) is 31.7 Å². The summed E-state index contributed by atoms with van der Waals surface area (Å²) < 4.78 is 5.18. The van der Waals surface area contributed by atoms with Crippen LogP contribution >= 0.6 is 0 Å². The van der Waals surface area contributed by atoms with Crippen molar-refractivity contribution in [3.8, 4) is 0 Å². The fourth-order valence-electron chi connectivity index (χ4n) is 4.19. The van der Waals surface area contributed by atoms with Gasteiger partial charge in [0.2, 0.25) is 5.91 Å². The topological polar surface area (TPSA) is 104 Å². The van der Waals surface area contributed by atoms with Gasteiger partial charge in [0, 0.05) is 43.0 Å². The quantitative estimate of drug-likeness (QED) is 0.780. The molecule has 26 heavy (non-hydrogen) atoms. The van der Waals surface area contributed by atoms with Gasteiger partial charge < -0.3 is 19.9 Å². The molecule has 1 aromatic heterocycles. The summed E-state index contributed by atoms with van der Waals surface area (Å²) in [7, 11) is 0. The second-order valence-corrected chi connectivity index (χ2v) is 8.38. The van der Waals surface area contributed by atoms with Gasteiger partial charge in [0.05, 0.1) is 18.6 Å². The van der Waals surface area contributed by atoms with Crippen molar-refractivity contribution >= 4 is 11.8 Å². The smallest absolute Gasteiger partial charge is 0.270 e. The highest BCUT2D eigenvalue weighted by molar-refractivity contribution is 5.92. The number of aromatic amines is 1. The van der Waals surface area contributed by atoms with Crippen LogP contribution in [-0.4, -0.2) is 59.0 Å². The second kappa shape index (κ2) is 5.39. The van der Waals surface area contributed by atoms with Crippen molar-refractivity contribution in [2.24, 2.45) is 17.3 Å². The second-order valence-electron chi connectivity index (χ2n) is 8.38. The first-order valence-electron chi connectivity index (χ1n) is 9.24. The molecule has 2 N–H and O–H groups in total. The van der Waals surface area contributed by atoms with E-state index in [0.29, 0.717) is 44.0 Å². The van der Waals surface area contributed by atoms with Crippen LogP contribution in [0.2, 0.25) is 0 Å². The maximum absolute atomic E-state index is 12.5. The van der Waals surface area contributed by atoms with Crippen LogP contribution in [0.3, 0.4) is 0 Å². The summed E-state index contributed by atoms with van der Waals surface area (Å²) in [4.78, 5) is 45.7. The van der Waals surface area contributed by atoms with E-state index in [-0.39, 0.29) is 40.4 Å². The zero-order chi connectivity index (χ0) is 18.1. The molecule has 2 aliphatic heterocycles. The van der Waals surface area contributed by atoms with Crippen LogP contribution in [0.4, 0.5) is 0 Å². The van der Waals surface area contributed by atoms with Crippen LogP contribution < -0.4 is 10.9 Å². The van der Waals surface area contributed by atoms with E-state index < -0.39 is 0 Å². The molecule has 2 saturated heterocycles. The Labute approximate surface area is 150 Å². The minimum Gasteiger partial charge on any atom is -0.379 e. The number of aromatic nitrogens is 2. The number of hydrogen-bond acceptors (Lipinski definition) is 5. The minimum atomic E-state index is -0.371. The Morgan fingerprint density at radius 2 is 2.00 bits per heavy atom. The third-order valence-corrected chi connectivity index (χ3v) is 6.09. The van der Waals surface area contributed by atoms with Crippen LogP contribution in [0.15, 0.2) is 10.9 Å². The normalized spacial score (nSPS) is 31.1. The lowest BCUT2D eigenvalue weighted by Gasteiger charge is -2.39. The summed E-state index contributed by atoms with van der Waals surface area (Å²) in [5.74, 6) is 1.37. The summed E-state index contributed by atoms with van der Waals surface area (Å²) in [5.41, 5.74) is -0.465. The molecule has 1 aromatic rings. The van der Waals surface area contributed by atoms with Gasteiger partial charge >= 0.3 is 0 Å². The van der Waals surface area contributed by atoms with Gasteiger partial charge in [-0.25, -0.2) is 4.98 Å². The maximum Gasteiger partial charge on any atom is 0.270 e. The van der Waals surface area contributed by atoms with Crippen LogP contribution in [0.1, 0.15) is 42.0 Å². The molecule has 3 heterocycles. The molecule has 3 atom stereocenters. The Bertz CT molecular complexity index is 830. The third kappa shape index (κ3) is 2.55. The molecule has 0 spiro atoms. The van der Waals surface area contributed by atoms with Gasteiger partial charge in [-0.15, -0.1) is 0 Å². The van der Waals surface area contributed by atoms with Crippen molar-refractivity contribution in [1.82, 2.24) is 20.2 Å². The van der Waals surface area contributed by atoms with Crippen LogP contribution in [0.5, 0.6) is 0 Å². The molecule has 4 fully saturated rings. The molecule has 0 radical (unpaired) electrons.